The Morgan fingerprint density at radius 3 is 1.63 bits per heavy atom. The number of carbonyl (C=O) groups is 3. The van der Waals surface area contributed by atoms with Crippen molar-refractivity contribution in [2.75, 3.05) is 13.2 Å². The number of unbranched alkanes of at least 4 members (excludes halogenated alkanes) is 26. The number of nitrogens with one attached hydrogen (secondary N) is 1. The third kappa shape index (κ3) is 32.5. The van der Waals surface area contributed by atoms with Gasteiger partial charge in [0.05, 0.1) is 38.8 Å². The Morgan fingerprint density at radius 2 is 1.14 bits per heavy atom. The van der Waals surface area contributed by atoms with E-state index in [4.69, 9.17) is 28.1 Å². The highest BCUT2D eigenvalue weighted by Gasteiger charge is 2.50. The minimum absolute atomic E-state index is 0.0341. The highest BCUT2D eigenvalue weighted by atomic mass is 28.4. The van der Waals surface area contributed by atoms with Crippen LogP contribution in [0.4, 0.5) is 0 Å². The molecule has 1 heterocycles. The van der Waals surface area contributed by atoms with Crippen LogP contribution in [0.3, 0.4) is 0 Å². The van der Waals surface area contributed by atoms with E-state index in [-0.39, 0.29) is 49.1 Å². The quantitative estimate of drug-likeness (QED) is 0.0281. The first-order valence-electron chi connectivity index (χ1n) is 31.2. The molecular weight excluding hydrogens is 971 g/mol. The van der Waals surface area contributed by atoms with E-state index >= 15 is 0 Å². The Hall–Kier alpha value is -2.61. The number of aliphatic hydroxyl groups is 1. The van der Waals surface area contributed by atoms with Gasteiger partial charge in [-0.2, -0.15) is 0 Å². The topological polar surface area (TPSA) is 139 Å². The largest absolute Gasteiger partial charge is 0.462 e. The predicted octanol–water partition coefficient (Wildman–Crippen LogP) is 16.5. The Labute approximate surface area is 466 Å². The molecule has 1 amide bonds. The molecule has 1 aliphatic rings. The van der Waals surface area contributed by atoms with Gasteiger partial charge in [-0.05, 0) is 49.4 Å². The summed E-state index contributed by atoms with van der Waals surface area (Å²) in [6, 6.07) is 8.88. The first-order valence-corrected chi connectivity index (χ1v) is 34.1. The maximum absolute atomic E-state index is 14.4. The second kappa shape index (κ2) is 43.2. The predicted molar refractivity (Wildman–Crippen MR) is 315 cm³/mol. The van der Waals surface area contributed by atoms with E-state index < -0.39 is 51.0 Å². The summed E-state index contributed by atoms with van der Waals surface area (Å²) in [6.45, 7) is 21.8. The van der Waals surface area contributed by atoms with Gasteiger partial charge in [-0.25, -0.2) is 0 Å². The molecule has 0 saturated carbocycles. The van der Waals surface area contributed by atoms with Gasteiger partial charge < -0.3 is 38.5 Å². The Balaban J connectivity index is 2.31. The summed E-state index contributed by atoms with van der Waals surface area (Å²) >= 11 is 0. The molecule has 0 aliphatic carbocycles. The molecule has 1 aromatic rings. The molecule has 1 fully saturated rings. The van der Waals surface area contributed by atoms with Crippen molar-refractivity contribution in [3.63, 3.8) is 0 Å². The lowest BCUT2D eigenvalue weighted by molar-refractivity contribution is -0.270. The van der Waals surface area contributed by atoms with E-state index in [1.54, 1.807) is 6.08 Å². The summed E-state index contributed by atoms with van der Waals surface area (Å²) in [5.41, 5.74) is 1.02. The lowest BCUT2D eigenvalue weighted by Gasteiger charge is -2.45. The summed E-state index contributed by atoms with van der Waals surface area (Å²) in [5, 5.41) is 15.2. The monoisotopic (exact) mass is 1090 g/mol. The van der Waals surface area contributed by atoms with Crippen molar-refractivity contribution in [3.8, 4) is 0 Å². The number of esters is 2. The van der Waals surface area contributed by atoms with Crippen LogP contribution in [-0.4, -0.2) is 87.3 Å². The van der Waals surface area contributed by atoms with Crippen LogP contribution in [0.15, 0.2) is 43.0 Å². The van der Waals surface area contributed by atoms with Crippen LogP contribution in [0.5, 0.6) is 0 Å². The number of amides is 1. The number of ether oxygens (including phenoxy) is 5. The van der Waals surface area contributed by atoms with Crippen molar-refractivity contribution in [1.29, 1.82) is 0 Å². The summed E-state index contributed by atoms with van der Waals surface area (Å²) in [7, 11) is -2.32. The highest BCUT2D eigenvalue weighted by Crippen LogP contribution is 2.37. The van der Waals surface area contributed by atoms with Gasteiger partial charge in [0.2, 0.25) is 5.91 Å². The molecule has 11 nitrogen and oxygen atoms in total. The van der Waals surface area contributed by atoms with Crippen LogP contribution < -0.4 is 5.32 Å². The maximum atomic E-state index is 14.4. The summed E-state index contributed by atoms with van der Waals surface area (Å²) in [5.74, 6) is -1.26. The van der Waals surface area contributed by atoms with E-state index in [0.717, 1.165) is 63.4 Å². The summed E-state index contributed by atoms with van der Waals surface area (Å²) < 4.78 is 38.2. The fourth-order valence-corrected chi connectivity index (χ4v) is 10.8. The molecule has 0 unspecified atom stereocenters. The number of hydrogen-bond acceptors (Lipinski definition) is 10. The highest BCUT2D eigenvalue weighted by molar-refractivity contribution is 6.74. The van der Waals surface area contributed by atoms with Crippen LogP contribution >= 0.6 is 0 Å². The third-order valence-corrected chi connectivity index (χ3v) is 20.2. The Morgan fingerprint density at radius 1 is 0.671 bits per heavy atom. The van der Waals surface area contributed by atoms with Gasteiger partial charge in [0, 0.05) is 6.42 Å². The lowest BCUT2D eigenvalue weighted by Crippen LogP contribution is -2.66. The number of benzene rings is 1. The molecule has 1 aromatic carbocycles. The minimum Gasteiger partial charge on any atom is -0.462 e. The average molecular weight is 1090 g/mol. The van der Waals surface area contributed by atoms with Gasteiger partial charge in [-0.1, -0.05) is 251 Å². The molecule has 0 aromatic heterocycles. The van der Waals surface area contributed by atoms with Crippen LogP contribution in [0, 0.1) is 0 Å². The molecule has 2 rings (SSSR count). The summed E-state index contributed by atoms with van der Waals surface area (Å²) in [4.78, 5) is 42.1. The second-order valence-electron chi connectivity index (χ2n) is 23.7. The summed E-state index contributed by atoms with van der Waals surface area (Å²) in [6.07, 6.45) is 31.3. The zero-order valence-electron chi connectivity index (χ0n) is 50.0. The van der Waals surface area contributed by atoms with Crippen LogP contribution in [0.2, 0.25) is 18.1 Å². The van der Waals surface area contributed by atoms with Gasteiger partial charge in [0.15, 0.2) is 20.7 Å². The zero-order valence-corrected chi connectivity index (χ0v) is 51.0. The molecule has 440 valence electrons. The van der Waals surface area contributed by atoms with E-state index in [2.05, 4.69) is 66.5 Å². The Bertz CT molecular complexity index is 1610. The Kier molecular flexibility index (Phi) is 39.5. The molecule has 76 heavy (non-hydrogen) atoms. The van der Waals surface area contributed by atoms with Crippen molar-refractivity contribution < 1.29 is 47.6 Å². The van der Waals surface area contributed by atoms with Gasteiger partial charge in [-0.3, -0.25) is 14.4 Å². The van der Waals surface area contributed by atoms with E-state index in [1.165, 1.54) is 128 Å². The fraction of sp³-hybridized carbons (Fsp3) is 0.828. The maximum Gasteiger partial charge on any atom is 0.310 e. The normalized spacial score (nSPS) is 18.8. The molecule has 0 spiro atoms. The van der Waals surface area contributed by atoms with Gasteiger partial charge >= 0.3 is 11.9 Å². The molecule has 0 bridgehead atoms. The smallest absolute Gasteiger partial charge is 0.310 e. The van der Waals surface area contributed by atoms with E-state index in [1.807, 2.05) is 30.3 Å². The average Bonchev–Trinajstić information content (AvgIpc) is 3.38. The first kappa shape index (κ1) is 69.5. The van der Waals surface area contributed by atoms with Crippen molar-refractivity contribution in [1.82, 2.24) is 5.32 Å². The molecule has 2 N–H and O–H groups in total. The van der Waals surface area contributed by atoms with E-state index in [0.29, 0.717) is 25.9 Å². The molecule has 12 heteroatoms. The molecule has 0 radical (unpaired) electrons. The van der Waals surface area contributed by atoms with Gasteiger partial charge in [0.25, 0.3) is 0 Å². The van der Waals surface area contributed by atoms with Gasteiger partial charge in [0.1, 0.15) is 24.4 Å². The molecule has 7 atom stereocenters. The number of hydrogen-bond donors (Lipinski definition) is 2. The van der Waals surface area contributed by atoms with Crippen LogP contribution in [0.1, 0.15) is 265 Å². The fourth-order valence-electron chi connectivity index (χ4n) is 9.78. The number of rotatable bonds is 48. The third-order valence-electron chi connectivity index (χ3n) is 15.7. The van der Waals surface area contributed by atoms with Crippen LogP contribution in [-0.2, 0) is 49.1 Å². The molecular formula is C64H115NO10Si. The molecule has 1 aliphatic heterocycles. The number of aliphatic hydroxyl groups excluding tert-OH is 1. The van der Waals surface area contributed by atoms with Crippen molar-refractivity contribution in [3.05, 3.63) is 48.6 Å². The van der Waals surface area contributed by atoms with Crippen molar-refractivity contribution in [2.24, 2.45) is 0 Å². The van der Waals surface area contributed by atoms with Gasteiger partial charge in [-0.15, -0.1) is 6.58 Å². The lowest BCUT2D eigenvalue weighted by atomic mass is 9.96. The van der Waals surface area contributed by atoms with Crippen molar-refractivity contribution >= 4 is 26.2 Å². The zero-order chi connectivity index (χ0) is 55.7. The molecule has 1 saturated heterocycles. The minimum atomic E-state index is -2.32. The second-order valence-corrected chi connectivity index (χ2v) is 28.5. The van der Waals surface area contributed by atoms with Crippen molar-refractivity contribution in [2.45, 2.75) is 327 Å². The standard InChI is InChI=1S/C64H115NO10Si/c1-10-14-17-20-23-26-27-30-33-36-42-47-58(67)73-55(46-41-35-32-29-25-22-19-16-12-3)50-59(68)75-62-60(63(70-48-13-4)74-56(61(62)69)52-72-76(8,9)64(5,6)7)65-57(66)49-54(71-51-53-43-38-37-39-44-53)45-40-34-31-28-24-21-18-15-11-2/h13,37-39,43-44,54-56,60-63,69H,4,10-12,14-36,40-42,45-52H2,1-3,5-9H3,(H,65,66)/t54-,55+,56+,60+,61+,62+,63-/m0/s1. The van der Waals surface area contributed by atoms with Crippen LogP contribution in [0.25, 0.3) is 0 Å². The SMILES string of the molecule is C=CCO[C@H]1O[C@H](CO[Si](C)(C)C(C)(C)C)[C@@H](O)[C@H](OC(=O)C[C@@H](CCCCCCCCCCC)OC(=O)CCCCCCCCCCCCC)[C@H]1NC(=O)C[C@H](CCCCCCCCCCC)OCc1ccccc1. The first-order chi connectivity index (χ1) is 36.6. The van der Waals surface area contributed by atoms with E-state index in [9.17, 15) is 19.5 Å². The number of carbonyl (C=O) groups excluding carboxylic acids is 3.